The molecule has 1 fully saturated rings. The SMILES string of the molecule is CCOc1ccccc1CN1CCOC(C(=O)N(Cc2ccc3c(c2)OCCCO3)CC(C)C)C1. The lowest BCUT2D eigenvalue weighted by Gasteiger charge is -2.36. The monoisotopic (exact) mass is 482 g/mol. The molecule has 2 heterocycles. The molecule has 0 aromatic heterocycles. The van der Waals surface area contributed by atoms with Crippen LogP contribution >= 0.6 is 0 Å². The zero-order valence-corrected chi connectivity index (χ0v) is 21.2. The van der Waals surface area contributed by atoms with Crippen molar-refractivity contribution in [1.29, 1.82) is 0 Å². The molecule has 2 aliphatic rings. The van der Waals surface area contributed by atoms with Gasteiger partial charge < -0.3 is 23.8 Å². The number of nitrogens with zero attached hydrogens (tertiary/aromatic N) is 2. The fourth-order valence-corrected chi connectivity index (χ4v) is 4.57. The standard InChI is InChI=1S/C28H38N2O5/c1-4-32-24-9-6-5-8-23(24)19-29-12-15-35-27(20-29)28(31)30(17-21(2)3)18-22-10-11-25-26(16-22)34-14-7-13-33-25/h5-6,8-11,16,21,27H,4,7,12-15,17-20H2,1-3H3. The molecule has 7 heteroatoms. The van der Waals surface area contributed by atoms with E-state index >= 15 is 0 Å². The maximum absolute atomic E-state index is 13.6. The summed E-state index contributed by atoms with van der Waals surface area (Å²) in [5.74, 6) is 2.81. The number of carbonyl (C=O) groups is 1. The van der Waals surface area contributed by atoms with Gasteiger partial charge in [0.05, 0.1) is 26.4 Å². The third-order valence-corrected chi connectivity index (χ3v) is 6.17. The normalized spacial score (nSPS) is 18.2. The van der Waals surface area contributed by atoms with Gasteiger partial charge in [-0.25, -0.2) is 0 Å². The quantitative estimate of drug-likeness (QED) is 0.536. The maximum atomic E-state index is 13.6. The number of hydrogen-bond donors (Lipinski definition) is 0. The third kappa shape index (κ3) is 6.89. The van der Waals surface area contributed by atoms with Gasteiger partial charge in [0.25, 0.3) is 5.91 Å². The largest absolute Gasteiger partial charge is 0.494 e. The van der Waals surface area contributed by atoms with Crippen LogP contribution in [0.2, 0.25) is 0 Å². The Morgan fingerprint density at radius 1 is 1.11 bits per heavy atom. The van der Waals surface area contributed by atoms with Crippen LogP contribution in [-0.4, -0.2) is 67.9 Å². The minimum absolute atomic E-state index is 0.0357. The number of hydrogen-bond acceptors (Lipinski definition) is 6. The molecule has 2 aromatic carbocycles. The highest BCUT2D eigenvalue weighted by Crippen LogP contribution is 2.31. The van der Waals surface area contributed by atoms with Crippen LogP contribution in [-0.2, 0) is 22.6 Å². The Labute approximate surface area is 208 Å². The predicted molar refractivity (Wildman–Crippen MR) is 135 cm³/mol. The predicted octanol–water partition coefficient (Wildman–Crippen LogP) is 4.13. The number of ether oxygens (including phenoxy) is 4. The fraction of sp³-hybridized carbons (Fsp3) is 0.536. The molecule has 0 N–H and O–H groups in total. The summed E-state index contributed by atoms with van der Waals surface area (Å²) in [6.45, 7) is 12.0. The van der Waals surface area contributed by atoms with E-state index in [0.29, 0.717) is 52.0 Å². The Morgan fingerprint density at radius 3 is 2.71 bits per heavy atom. The van der Waals surface area contributed by atoms with E-state index < -0.39 is 6.10 Å². The molecule has 1 amide bonds. The second-order valence-electron chi connectivity index (χ2n) is 9.58. The van der Waals surface area contributed by atoms with Gasteiger partial charge in [0.15, 0.2) is 11.5 Å². The summed E-state index contributed by atoms with van der Waals surface area (Å²) in [6.07, 6.45) is 0.383. The minimum atomic E-state index is -0.484. The summed E-state index contributed by atoms with van der Waals surface area (Å²) < 4.78 is 23.4. The average molecular weight is 483 g/mol. The Bertz CT molecular complexity index is 980. The molecule has 1 atom stereocenters. The van der Waals surface area contributed by atoms with Crippen LogP contribution in [0.15, 0.2) is 42.5 Å². The maximum Gasteiger partial charge on any atom is 0.253 e. The first kappa shape index (κ1) is 25.3. The van der Waals surface area contributed by atoms with Crippen molar-refractivity contribution in [3.05, 3.63) is 53.6 Å². The number of benzene rings is 2. The first-order valence-electron chi connectivity index (χ1n) is 12.8. The summed E-state index contributed by atoms with van der Waals surface area (Å²) >= 11 is 0. The first-order chi connectivity index (χ1) is 17.0. The van der Waals surface area contributed by atoms with Crippen molar-refractivity contribution in [2.24, 2.45) is 5.92 Å². The molecule has 2 aromatic rings. The van der Waals surface area contributed by atoms with E-state index in [-0.39, 0.29) is 5.91 Å². The van der Waals surface area contributed by atoms with E-state index in [4.69, 9.17) is 18.9 Å². The Kier molecular flexibility index (Phi) is 8.88. The summed E-state index contributed by atoms with van der Waals surface area (Å²) in [6, 6.07) is 14.1. The van der Waals surface area contributed by atoms with Crippen LogP contribution in [0.3, 0.4) is 0 Å². The second kappa shape index (κ2) is 12.3. The summed E-state index contributed by atoms with van der Waals surface area (Å²) in [5.41, 5.74) is 2.16. The van der Waals surface area contributed by atoms with Crippen LogP contribution in [0.1, 0.15) is 38.3 Å². The van der Waals surface area contributed by atoms with E-state index in [1.807, 2.05) is 48.2 Å². The molecular formula is C28H38N2O5. The molecule has 0 spiro atoms. The second-order valence-corrected chi connectivity index (χ2v) is 9.58. The van der Waals surface area contributed by atoms with E-state index in [0.717, 1.165) is 47.9 Å². The number of para-hydroxylation sites is 1. The van der Waals surface area contributed by atoms with Crippen molar-refractivity contribution in [3.63, 3.8) is 0 Å². The van der Waals surface area contributed by atoms with Crippen molar-refractivity contribution in [3.8, 4) is 17.2 Å². The molecule has 35 heavy (non-hydrogen) atoms. The number of rotatable bonds is 9. The zero-order chi connectivity index (χ0) is 24.6. The highest BCUT2D eigenvalue weighted by atomic mass is 16.5. The molecule has 4 rings (SSSR count). The summed E-state index contributed by atoms with van der Waals surface area (Å²) in [7, 11) is 0. The van der Waals surface area contributed by atoms with Gasteiger partial charge in [0.2, 0.25) is 0 Å². The lowest BCUT2D eigenvalue weighted by Crippen LogP contribution is -2.51. The van der Waals surface area contributed by atoms with Gasteiger partial charge in [-0.15, -0.1) is 0 Å². The topological polar surface area (TPSA) is 60.5 Å². The average Bonchev–Trinajstić information content (AvgIpc) is 3.09. The number of morpholine rings is 1. The van der Waals surface area contributed by atoms with E-state index in [9.17, 15) is 4.79 Å². The molecule has 1 unspecified atom stereocenters. The van der Waals surface area contributed by atoms with Gasteiger partial charge in [-0.05, 0) is 36.6 Å². The molecule has 190 valence electrons. The first-order valence-corrected chi connectivity index (χ1v) is 12.8. The highest BCUT2D eigenvalue weighted by Gasteiger charge is 2.31. The Morgan fingerprint density at radius 2 is 1.91 bits per heavy atom. The van der Waals surface area contributed by atoms with E-state index in [2.05, 4.69) is 24.8 Å². The van der Waals surface area contributed by atoms with Crippen molar-refractivity contribution < 1.29 is 23.7 Å². The number of carbonyl (C=O) groups excluding carboxylic acids is 1. The molecule has 2 aliphatic heterocycles. The van der Waals surface area contributed by atoms with Crippen LogP contribution in [0.4, 0.5) is 0 Å². The molecule has 0 aliphatic carbocycles. The summed E-state index contributed by atoms with van der Waals surface area (Å²) in [4.78, 5) is 17.8. The fourth-order valence-electron chi connectivity index (χ4n) is 4.57. The van der Waals surface area contributed by atoms with Crippen molar-refractivity contribution in [1.82, 2.24) is 9.80 Å². The summed E-state index contributed by atoms with van der Waals surface area (Å²) in [5, 5.41) is 0. The minimum Gasteiger partial charge on any atom is -0.494 e. The van der Waals surface area contributed by atoms with E-state index in [1.165, 1.54) is 0 Å². The zero-order valence-electron chi connectivity index (χ0n) is 21.2. The molecule has 0 saturated carbocycles. The van der Waals surface area contributed by atoms with Gasteiger partial charge >= 0.3 is 0 Å². The van der Waals surface area contributed by atoms with Crippen LogP contribution < -0.4 is 14.2 Å². The van der Waals surface area contributed by atoms with E-state index in [1.54, 1.807) is 0 Å². The van der Waals surface area contributed by atoms with Crippen LogP contribution in [0.25, 0.3) is 0 Å². The molecule has 0 bridgehead atoms. The molecule has 0 radical (unpaired) electrons. The van der Waals surface area contributed by atoms with Crippen LogP contribution in [0.5, 0.6) is 17.2 Å². The Hall–Kier alpha value is -2.77. The molecular weight excluding hydrogens is 444 g/mol. The van der Waals surface area contributed by atoms with Crippen molar-refractivity contribution >= 4 is 5.91 Å². The molecule has 1 saturated heterocycles. The van der Waals surface area contributed by atoms with Gasteiger partial charge in [0.1, 0.15) is 11.9 Å². The van der Waals surface area contributed by atoms with Gasteiger partial charge in [-0.3, -0.25) is 9.69 Å². The Balaban J connectivity index is 1.44. The number of amides is 1. The van der Waals surface area contributed by atoms with Gasteiger partial charge in [0, 0.05) is 44.7 Å². The smallest absolute Gasteiger partial charge is 0.253 e. The van der Waals surface area contributed by atoms with Crippen molar-refractivity contribution in [2.45, 2.75) is 46.4 Å². The lowest BCUT2D eigenvalue weighted by molar-refractivity contribution is -0.151. The van der Waals surface area contributed by atoms with Crippen molar-refractivity contribution in [2.75, 3.05) is 46.1 Å². The van der Waals surface area contributed by atoms with Gasteiger partial charge in [-0.2, -0.15) is 0 Å². The number of fused-ring (bicyclic) bond motifs is 1. The molecule has 7 nitrogen and oxygen atoms in total. The van der Waals surface area contributed by atoms with Gasteiger partial charge in [-0.1, -0.05) is 38.1 Å². The lowest BCUT2D eigenvalue weighted by atomic mass is 10.1. The highest BCUT2D eigenvalue weighted by molar-refractivity contribution is 5.81. The van der Waals surface area contributed by atoms with Crippen LogP contribution in [0, 0.1) is 5.92 Å². The third-order valence-electron chi connectivity index (χ3n) is 6.17.